The van der Waals surface area contributed by atoms with E-state index in [4.69, 9.17) is 5.73 Å². The molecule has 0 bridgehead atoms. The molecule has 0 saturated heterocycles. The zero-order valence-corrected chi connectivity index (χ0v) is 10.2. The predicted octanol–water partition coefficient (Wildman–Crippen LogP) is 2.71. The number of anilines is 1. The maximum atomic E-state index is 11.9. The van der Waals surface area contributed by atoms with Crippen LogP contribution in [0.3, 0.4) is 0 Å². The summed E-state index contributed by atoms with van der Waals surface area (Å²) in [6.45, 7) is -0.455. The highest BCUT2D eigenvalue weighted by atomic mass is 79.9. The fourth-order valence-electron chi connectivity index (χ4n) is 1.14. The number of nitrogens with one attached hydrogen (secondary N) is 1. The van der Waals surface area contributed by atoms with Crippen molar-refractivity contribution < 1.29 is 18.0 Å². The Morgan fingerprint density at radius 1 is 1.41 bits per heavy atom. The van der Waals surface area contributed by atoms with Crippen molar-refractivity contribution in [3.05, 3.63) is 28.2 Å². The third-order valence-electron chi connectivity index (χ3n) is 1.97. The highest BCUT2D eigenvalue weighted by molar-refractivity contribution is 9.10. The van der Waals surface area contributed by atoms with Crippen LogP contribution in [0.15, 0.2) is 22.7 Å². The van der Waals surface area contributed by atoms with E-state index in [-0.39, 0.29) is 5.56 Å². The van der Waals surface area contributed by atoms with Crippen molar-refractivity contribution in [1.29, 1.82) is 0 Å². The summed E-state index contributed by atoms with van der Waals surface area (Å²) < 4.78 is 36.0. The summed E-state index contributed by atoms with van der Waals surface area (Å²) in [5.41, 5.74) is 6.12. The molecule has 1 aromatic carbocycles. The molecule has 3 N–H and O–H groups in total. The molecule has 0 aliphatic rings. The molecular formula is C10H10BrF3N2O. The number of rotatable bonds is 3. The second kappa shape index (κ2) is 5.39. The Balaban J connectivity index is 2.62. The Kier molecular flexibility index (Phi) is 4.39. The first-order chi connectivity index (χ1) is 7.81. The number of nitrogens with two attached hydrogens (primary N) is 1. The molecule has 0 radical (unpaired) electrons. The van der Waals surface area contributed by atoms with E-state index < -0.39 is 25.0 Å². The molecule has 0 spiro atoms. The average molecular weight is 311 g/mol. The molecule has 1 aromatic rings. The number of amides is 1. The Hall–Kier alpha value is -1.24. The second-order valence-corrected chi connectivity index (χ2v) is 4.12. The van der Waals surface area contributed by atoms with Crippen molar-refractivity contribution in [2.24, 2.45) is 0 Å². The van der Waals surface area contributed by atoms with Crippen molar-refractivity contribution >= 4 is 27.5 Å². The molecule has 0 saturated carbocycles. The molecule has 94 valence electrons. The van der Waals surface area contributed by atoms with Crippen LogP contribution < -0.4 is 11.1 Å². The molecule has 0 unspecified atom stereocenters. The van der Waals surface area contributed by atoms with Crippen molar-refractivity contribution in [3.63, 3.8) is 0 Å². The molecule has 1 amide bonds. The van der Waals surface area contributed by atoms with E-state index in [1.807, 2.05) is 0 Å². The molecule has 1 rings (SSSR count). The Labute approximate surface area is 104 Å². The molecule has 0 aliphatic heterocycles. The van der Waals surface area contributed by atoms with Crippen molar-refractivity contribution in [2.75, 3.05) is 12.3 Å². The SMILES string of the molecule is Nc1cccc(C(=O)NCCC(F)(F)F)c1Br. The van der Waals surface area contributed by atoms with E-state index in [0.717, 1.165) is 0 Å². The molecule has 0 atom stereocenters. The molecule has 0 aromatic heterocycles. The normalized spacial score (nSPS) is 11.3. The third-order valence-corrected chi connectivity index (χ3v) is 2.85. The Bertz CT molecular complexity index is 421. The van der Waals surface area contributed by atoms with Gasteiger partial charge in [-0.15, -0.1) is 0 Å². The lowest BCUT2D eigenvalue weighted by atomic mass is 10.2. The van der Waals surface area contributed by atoms with E-state index in [1.54, 1.807) is 12.1 Å². The van der Waals surface area contributed by atoms with Crippen LogP contribution >= 0.6 is 15.9 Å². The quantitative estimate of drug-likeness (QED) is 0.843. The van der Waals surface area contributed by atoms with E-state index >= 15 is 0 Å². The first-order valence-corrected chi connectivity index (χ1v) is 5.49. The lowest BCUT2D eigenvalue weighted by Gasteiger charge is -2.09. The van der Waals surface area contributed by atoms with Gasteiger partial charge in [0, 0.05) is 12.2 Å². The van der Waals surface area contributed by atoms with Gasteiger partial charge < -0.3 is 11.1 Å². The van der Waals surface area contributed by atoms with Gasteiger partial charge in [-0.2, -0.15) is 13.2 Å². The number of hydrogen-bond donors (Lipinski definition) is 2. The number of nitrogen functional groups attached to an aromatic ring is 1. The van der Waals surface area contributed by atoms with Gasteiger partial charge in [-0.25, -0.2) is 0 Å². The van der Waals surface area contributed by atoms with Gasteiger partial charge in [-0.05, 0) is 28.1 Å². The van der Waals surface area contributed by atoms with E-state index in [2.05, 4.69) is 21.2 Å². The van der Waals surface area contributed by atoms with Gasteiger partial charge in [-0.1, -0.05) is 6.07 Å². The smallest absolute Gasteiger partial charge is 0.390 e. The van der Waals surface area contributed by atoms with Crippen LogP contribution in [0, 0.1) is 0 Å². The fraction of sp³-hybridized carbons (Fsp3) is 0.300. The van der Waals surface area contributed by atoms with E-state index in [1.165, 1.54) is 6.07 Å². The van der Waals surface area contributed by atoms with Crippen LogP contribution in [0.2, 0.25) is 0 Å². The van der Waals surface area contributed by atoms with Crippen LogP contribution in [-0.4, -0.2) is 18.6 Å². The highest BCUT2D eigenvalue weighted by Gasteiger charge is 2.26. The number of halogens is 4. The van der Waals surface area contributed by atoms with E-state index in [0.29, 0.717) is 10.2 Å². The van der Waals surface area contributed by atoms with Crippen LogP contribution in [0.4, 0.5) is 18.9 Å². The number of carbonyl (C=O) groups is 1. The van der Waals surface area contributed by atoms with Gasteiger partial charge in [0.1, 0.15) is 0 Å². The Morgan fingerprint density at radius 3 is 2.65 bits per heavy atom. The first kappa shape index (κ1) is 13.8. The van der Waals surface area contributed by atoms with Gasteiger partial charge in [0.15, 0.2) is 0 Å². The second-order valence-electron chi connectivity index (χ2n) is 3.33. The van der Waals surface area contributed by atoms with Crippen LogP contribution in [0.25, 0.3) is 0 Å². The van der Waals surface area contributed by atoms with Gasteiger partial charge in [-0.3, -0.25) is 4.79 Å². The van der Waals surface area contributed by atoms with Crippen molar-refractivity contribution in [1.82, 2.24) is 5.32 Å². The molecule has 17 heavy (non-hydrogen) atoms. The number of alkyl halides is 3. The maximum Gasteiger partial charge on any atom is 0.390 e. The standard InChI is InChI=1S/C10H10BrF3N2O/c11-8-6(2-1-3-7(8)15)9(17)16-5-4-10(12,13)14/h1-3H,4-5,15H2,(H,16,17). The average Bonchev–Trinajstić information content (AvgIpc) is 2.20. The van der Waals surface area contributed by atoms with Crippen LogP contribution in [0.1, 0.15) is 16.8 Å². The summed E-state index contributed by atoms with van der Waals surface area (Å²) >= 11 is 3.10. The number of carbonyl (C=O) groups excluding carboxylic acids is 1. The van der Waals surface area contributed by atoms with Gasteiger partial charge in [0.05, 0.1) is 16.5 Å². The summed E-state index contributed by atoms with van der Waals surface area (Å²) in [4.78, 5) is 11.5. The zero-order valence-electron chi connectivity index (χ0n) is 8.64. The first-order valence-electron chi connectivity index (χ1n) is 4.70. The largest absolute Gasteiger partial charge is 0.398 e. The molecule has 0 fully saturated rings. The fourth-order valence-corrected chi connectivity index (χ4v) is 1.58. The van der Waals surface area contributed by atoms with Crippen molar-refractivity contribution in [3.8, 4) is 0 Å². The summed E-state index contributed by atoms with van der Waals surface area (Å²) in [5.74, 6) is -0.589. The molecule has 0 aliphatic carbocycles. The molecule has 7 heteroatoms. The minimum Gasteiger partial charge on any atom is -0.398 e. The van der Waals surface area contributed by atoms with Gasteiger partial charge >= 0.3 is 6.18 Å². The lowest BCUT2D eigenvalue weighted by Crippen LogP contribution is -2.28. The minimum absolute atomic E-state index is 0.215. The van der Waals surface area contributed by atoms with Crippen LogP contribution in [0.5, 0.6) is 0 Å². The third kappa shape index (κ3) is 4.26. The van der Waals surface area contributed by atoms with Crippen molar-refractivity contribution in [2.45, 2.75) is 12.6 Å². The zero-order chi connectivity index (χ0) is 13.1. The molecule has 0 heterocycles. The molecular weight excluding hydrogens is 301 g/mol. The van der Waals surface area contributed by atoms with Gasteiger partial charge in [0.25, 0.3) is 5.91 Å². The lowest BCUT2D eigenvalue weighted by molar-refractivity contribution is -0.132. The minimum atomic E-state index is -4.28. The van der Waals surface area contributed by atoms with Gasteiger partial charge in [0.2, 0.25) is 0 Å². The number of hydrogen-bond acceptors (Lipinski definition) is 2. The Morgan fingerprint density at radius 2 is 2.06 bits per heavy atom. The summed E-state index contributed by atoms with van der Waals surface area (Å²) in [5, 5.41) is 2.18. The molecule has 3 nitrogen and oxygen atoms in total. The number of benzene rings is 1. The maximum absolute atomic E-state index is 11.9. The summed E-state index contributed by atoms with van der Waals surface area (Å²) in [6, 6.07) is 4.61. The monoisotopic (exact) mass is 310 g/mol. The topological polar surface area (TPSA) is 55.1 Å². The summed E-state index contributed by atoms with van der Waals surface area (Å²) in [7, 11) is 0. The summed E-state index contributed by atoms with van der Waals surface area (Å²) in [6.07, 6.45) is -5.33. The predicted molar refractivity (Wildman–Crippen MR) is 61.6 cm³/mol. The highest BCUT2D eigenvalue weighted by Crippen LogP contribution is 2.23. The van der Waals surface area contributed by atoms with Crippen LogP contribution in [-0.2, 0) is 0 Å². The van der Waals surface area contributed by atoms with E-state index in [9.17, 15) is 18.0 Å².